The molecule has 2 aromatic rings. The SMILES string of the molecule is CCCCNC(=O)C1CCN(C(C)c2nnc(-c3ccc(C)cc3)o2)CC1. The van der Waals surface area contributed by atoms with Gasteiger partial charge >= 0.3 is 0 Å². The summed E-state index contributed by atoms with van der Waals surface area (Å²) < 4.78 is 5.92. The van der Waals surface area contributed by atoms with Gasteiger partial charge in [0.1, 0.15) is 0 Å². The van der Waals surface area contributed by atoms with Gasteiger partial charge in [-0.3, -0.25) is 9.69 Å². The van der Waals surface area contributed by atoms with Crippen LogP contribution in [0.4, 0.5) is 0 Å². The average molecular weight is 370 g/mol. The van der Waals surface area contributed by atoms with Crippen LogP contribution < -0.4 is 5.32 Å². The summed E-state index contributed by atoms with van der Waals surface area (Å²) in [6.45, 7) is 8.81. The van der Waals surface area contributed by atoms with E-state index in [2.05, 4.69) is 41.2 Å². The maximum atomic E-state index is 12.2. The second-order valence-electron chi connectivity index (χ2n) is 7.44. The molecule has 146 valence electrons. The highest BCUT2D eigenvalue weighted by atomic mass is 16.4. The number of nitrogens with zero attached hydrogens (tertiary/aromatic N) is 3. The quantitative estimate of drug-likeness (QED) is 0.752. The Morgan fingerprint density at radius 1 is 1.26 bits per heavy atom. The molecule has 1 amide bonds. The Morgan fingerprint density at radius 3 is 2.63 bits per heavy atom. The van der Waals surface area contributed by atoms with Crippen molar-refractivity contribution < 1.29 is 9.21 Å². The molecular weight excluding hydrogens is 340 g/mol. The molecule has 1 fully saturated rings. The zero-order valence-corrected chi connectivity index (χ0v) is 16.6. The normalized spacial score (nSPS) is 17.0. The lowest BCUT2D eigenvalue weighted by molar-refractivity contribution is -0.126. The summed E-state index contributed by atoms with van der Waals surface area (Å²) in [5.74, 6) is 1.52. The smallest absolute Gasteiger partial charge is 0.247 e. The van der Waals surface area contributed by atoms with Crippen LogP contribution >= 0.6 is 0 Å². The molecule has 3 rings (SSSR count). The monoisotopic (exact) mass is 370 g/mol. The molecule has 6 nitrogen and oxygen atoms in total. The minimum Gasteiger partial charge on any atom is -0.419 e. The fourth-order valence-corrected chi connectivity index (χ4v) is 3.45. The van der Waals surface area contributed by atoms with Gasteiger partial charge in [0, 0.05) is 18.0 Å². The minimum absolute atomic E-state index is 0.0563. The number of aromatic nitrogens is 2. The fourth-order valence-electron chi connectivity index (χ4n) is 3.45. The van der Waals surface area contributed by atoms with Crippen molar-refractivity contribution in [2.75, 3.05) is 19.6 Å². The van der Waals surface area contributed by atoms with Gasteiger partial charge in [0.2, 0.25) is 17.7 Å². The van der Waals surface area contributed by atoms with Crippen molar-refractivity contribution in [1.29, 1.82) is 0 Å². The first-order valence-electron chi connectivity index (χ1n) is 10.0. The van der Waals surface area contributed by atoms with E-state index >= 15 is 0 Å². The van der Waals surface area contributed by atoms with E-state index in [4.69, 9.17) is 4.42 Å². The molecule has 2 heterocycles. The summed E-state index contributed by atoms with van der Waals surface area (Å²) in [6, 6.07) is 8.14. The Hall–Kier alpha value is -2.21. The molecule has 1 aliphatic heterocycles. The highest BCUT2D eigenvalue weighted by Gasteiger charge is 2.29. The van der Waals surface area contributed by atoms with Crippen LogP contribution in [0.3, 0.4) is 0 Å². The van der Waals surface area contributed by atoms with Gasteiger partial charge in [-0.2, -0.15) is 0 Å². The number of piperidine rings is 1. The second kappa shape index (κ2) is 9.13. The van der Waals surface area contributed by atoms with Crippen molar-refractivity contribution in [3.8, 4) is 11.5 Å². The molecule has 6 heteroatoms. The van der Waals surface area contributed by atoms with Crippen LogP contribution in [0.5, 0.6) is 0 Å². The molecule has 0 radical (unpaired) electrons. The van der Waals surface area contributed by atoms with Gasteiger partial charge in [-0.05, 0) is 58.3 Å². The third-order valence-electron chi connectivity index (χ3n) is 5.37. The number of carbonyl (C=O) groups is 1. The van der Waals surface area contributed by atoms with Crippen LogP contribution in [-0.4, -0.2) is 40.6 Å². The van der Waals surface area contributed by atoms with Crippen LogP contribution in [0.25, 0.3) is 11.5 Å². The van der Waals surface area contributed by atoms with Gasteiger partial charge < -0.3 is 9.73 Å². The molecule has 1 N–H and O–H groups in total. The summed E-state index contributed by atoms with van der Waals surface area (Å²) >= 11 is 0. The standard InChI is InChI=1S/C21H30N4O2/c1-4-5-12-22-19(26)17-10-13-25(14-11-17)16(3)20-23-24-21(27-20)18-8-6-15(2)7-9-18/h6-9,16-17H,4-5,10-14H2,1-3H3,(H,22,26). The minimum atomic E-state index is 0.0563. The third-order valence-corrected chi connectivity index (χ3v) is 5.37. The Balaban J connectivity index is 1.54. The van der Waals surface area contributed by atoms with Gasteiger partial charge in [0.05, 0.1) is 6.04 Å². The molecule has 1 aliphatic rings. The van der Waals surface area contributed by atoms with Crippen molar-refractivity contribution in [2.45, 2.75) is 52.5 Å². The molecule has 1 aromatic heterocycles. The van der Waals surface area contributed by atoms with Gasteiger partial charge in [-0.15, -0.1) is 10.2 Å². The predicted octanol–water partition coefficient (Wildman–Crippen LogP) is 3.73. The first-order chi connectivity index (χ1) is 13.1. The first-order valence-corrected chi connectivity index (χ1v) is 10.0. The number of hydrogen-bond donors (Lipinski definition) is 1. The molecule has 0 spiro atoms. The van der Waals surface area contributed by atoms with E-state index in [-0.39, 0.29) is 17.9 Å². The molecular formula is C21H30N4O2. The van der Waals surface area contributed by atoms with E-state index in [1.165, 1.54) is 5.56 Å². The molecule has 1 aromatic carbocycles. The maximum absolute atomic E-state index is 12.2. The number of hydrogen-bond acceptors (Lipinski definition) is 5. The van der Waals surface area contributed by atoms with Gasteiger partial charge in [0.15, 0.2) is 0 Å². The number of aryl methyl sites for hydroxylation is 1. The van der Waals surface area contributed by atoms with Crippen molar-refractivity contribution in [2.24, 2.45) is 5.92 Å². The van der Waals surface area contributed by atoms with Crippen molar-refractivity contribution >= 4 is 5.91 Å². The Kier molecular flexibility index (Phi) is 6.61. The van der Waals surface area contributed by atoms with Crippen LogP contribution in [0, 0.1) is 12.8 Å². The van der Waals surface area contributed by atoms with E-state index in [9.17, 15) is 4.79 Å². The lowest BCUT2D eigenvalue weighted by Gasteiger charge is -2.34. The lowest BCUT2D eigenvalue weighted by atomic mass is 9.95. The number of carbonyl (C=O) groups excluding carboxylic acids is 1. The van der Waals surface area contributed by atoms with E-state index in [0.29, 0.717) is 11.8 Å². The largest absolute Gasteiger partial charge is 0.419 e. The van der Waals surface area contributed by atoms with E-state index in [1.807, 2.05) is 24.3 Å². The summed E-state index contributed by atoms with van der Waals surface area (Å²) in [7, 11) is 0. The zero-order valence-electron chi connectivity index (χ0n) is 16.6. The molecule has 27 heavy (non-hydrogen) atoms. The number of benzene rings is 1. The summed E-state index contributed by atoms with van der Waals surface area (Å²) in [4.78, 5) is 14.6. The lowest BCUT2D eigenvalue weighted by Crippen LogP contribution is -2.41. The van der Waals surface area contributed by atoms with E-state index < -0.39 is 0 Å². The summed E-state index contributed by atoms with van der Waals surface area (Å²) in [5.41, 5.74) is 2.14. The number of unbranched alkanes of at least 4 members (excludes halogenated alkanes) is 1. The van der Waals surface area contributed by atoms with Crippen molar-refractivity contribution in [1.82, 2.24) is 20.4 Å². The fraction of sp³-hybridized carbons (Fsp3) is 0.571. The Morgan fingerprint density at radius 2 is 1.96 bits per heavy atom. The number of amides is 1. The van der Waals surface area contributed by atoms with E-state index in [1.54, 1.807) is 0 Å². The van der Waals surface area contributed by atoms with Crippen LogP contribution in [-0.2, 0) is 4.79 Å². The van der Waals surface area contributed by atoms with Crippen LogP contribution in [0.2, 0.25) is 0 Å². The number of rotatable bonds is 7. The van der Waals surface area contributed by atoms with E-state index in [0.717, 1.165) is 50.9 Å². The van der Waals surface area contributed by atoms with Gasteiger partial charge in [-0.25, -0.2) is 0 Å². The Bertz CT molecular complexity index is 733. The topological polar surface area (TPSA) is 71.3 Å². The Labute approximate surface area is 161 Å². The molecule has 1 unspecified atom stereocenters. The summed E-state index contributed by atoms with van der Waals surface area (Å²) in [6.07, 6.45) is 3.90. The zero-order chi connectivity index (χ0) is 19.2. The predicted molar refractivity (Wildman–Crippen MR) is 105 cm³/mol. The summed E-state index contributed by atoms with van der Waals surface area (Å²) in [5, 5.41) is 11.5. The highest BCUT2D eigenvalue weighted by molar-refractivity contribution is 5.78. The number of nitrogens with one attached hydrogen (secondary N) is 1. The molecule has 0 aliphatic carbocycles. The second-order valence-corrected chi connectivity index (χ2v) is 7.44. The average Bonchev–Trinajstić information content (AvgIpc) is 3.18. The third kappa shape index (κ3) is 4.95. The van der Waals surface area contributed by atoms with Crippen LogP contribution in [0.15, 0.2) is 28.7 Å². The molecule has 1 saturated heterocycles. The van der Waals surface area contributed by atoms with Gasteiger partial charge in [-0.1, -0.05) is 31.0 Å². The van der Waals surface area contributed by atoms with Gasteiger partial charge in [0.25, 0.3) is 0 Å². The maximum Gasteiger partial charge on any atom is 0.247 e. The van der Waals surface area contributed by atoms with Crippen LogP contribution in [0.1, 0.15) is 57.0 Å². The van der Waals surface area contributed by atoms with Crippen molar-refractivity contribution in [3.05, 3.63) is 35.7 Å². The first kappa shape index (κ1) is 19.5. The van der Waals surface area contributed by atoms with Crippen molar-refractivity contribution in [3.63, 3.8) is 0 Å². The molecule has 0 saturated carbocycles. The molecule has 0 bridgehead atoms. The highest BCUT2D eigenvalue weighted by Crippen LogP contribution is 2.28. The molecule has 1 atom stereocenters. The number of likely N-dealkylation sites (tertiary alicyclic amines) is 1.